The Morgan fingerprint density at radius 1 is 1.04 bits per heavy atom. The van der Waals surface area contributed by atoms with E-state index in [0.717, 1.165) is 34.3 Å². The summed E-state index contributed by atoms with van der Waals surface area (Å²) in [7, 11) is 0. The number of aliphatic hydroxyl groups is 2. The van der Waals surface area contributed by atoms with Gasteiger partial charge in [-0.2, -0.15) is 13.2 Å². The van der Waals surface area contributed by atoms with E-state index in [1.54, 1.807) is 0 Å². The number of nitrogens with zero attached hydrogens (tertiary/aromatic N) is 1. The molecule has 1 aliphatic rings. The first-order valence-corrected chi connectivity index (χ1v) is 9.30. The van der Waals surface area contributed by atoms with Crippen molar-refractivity contribution in [2.24, 2.45) is 0 Å². The van der Waals surface area contributed by atoms with Crippen molar-refractivity contribution in [3.05, 3.63) is 53.8 Å². The van der Waals surface area contributed by atoms with Crippen molar-refractivity contribution in [2.75, 3.05) is 11.9 Å². The summed E-state index contributed by atoms with van der Waals surface area (Å²) in [6.45, 7) is 0.567. The molecule has 1 aromatic heterocycles. The van der Waals surface area contributed by atoms with E-state index < -0.39 is 18.4 Å². The van der Waals surface area contributed by atoms with Crippen LogP contribution in [0.3, 0.4) is 0 Å². The van der Waals surface area contributed by atoms with Crippen molar-refractivity contribution in [1.82, 2.24) is 4.98 Å². The normalized spacial score (nSPS) is 14.2. The van der Waals surface area contributed by atoms with Gasteiger partial charge in [-0.25, -0.2) is 0 Å². The zero-order valence-corrected chi connectivity index (χ0v) is 15.3. The molecular formula is C21H23F3N2O2. The van der Waals surface area contributed by atoms with Crippen LogP contribution in [0.1, 0.15) is 36.9 Å². The highest BCUT2D eigenvalue weighted by Crippen LogP contribution is 2.33. The summed E-state index contributed by atoms with van der Waals surface area (Å²) in [4.78, 5) is 4.74. The highest BCUT2D eigenvalue weighted by molar-refractivity contribution is 5.96. The molecule has 0 radical (unpaired) electrons. The molecule has 4 nitrogen and oxygen atoms in total. The van der Waals surface area contributed by atoms with Crippen LogP contribution in [0.25, 0.3) is 17.0 Å². The lowest BCUT2D eigenvalue weighted by molar-refractivity contribution is -0.351. The first-order valence-electron chi connectivity index (χ1n) is 9.30. The van der Waals surface area contributed by atoms with Crippen LogP contribution in [0.15, 0.2) is 42.5 Å². The minimum Gasteiger partial charge on any atom is -0.384 e. The largest absolute Gasteiger partial charge is 0.442 e. The number of halogens is 3. The fraction of sp³-hybridized carbons (Fsp3) is 0.381. The third kappa shape index (κ3) is 4.54. The number of para-hydroxylation sites is 1. The van der Waals surface area contributed by atoms with Gasteiger partial charge >= 0.3 is 6.18 Å². The number of hydrogen-bond acceptors (Lipinski definition) is 4. The van der Waals surface area contributed by atoms with Crippen molar-refractivity contribution in [1.29, 1.82) is 0 Å². The maximum atomic E-state index is 12.4. The van der Waals surface area contributed by atoms with Gasteiger partial charge in [-0.05, 0) is 18.9 Å². The second-order valence-electron chi connectivity index (χ2n) is 6.91. The molecule has 3 rings (SSSR count). The number of nitrogens with one attached hydrogen (secondary N) is 1. The molecule has 0 saturated heterocycles. The number of benzene rings is 1. The summed E-state index contributed by atoms with van der Waals surface area (Å²) in [5.74, 6) is -3.61. The van der Waals surface area contributed by atoms with E-state index in [1.807, 2.05) is 48.6 Å². The van der Waals surface area contributed by atoms with E-state index in [9.17, 15) is 13.2 Å². The van der Waals surface area contributed by atoms with Gasteiger partial charge in [0.25, 0.3) is 5.79 Å². The molecule has 0 aliphatic heterocycles. The first-order chi connectivity index (χ1) is 13.3. The second kappa shape index (κ2) is 8.32. The van der Waals surface area contributed by atoms with Gasteiger partial charge in [-0.1, -0.05) is 48.9 Å². The molecule has 0 amide bonds. The lowest BCUT2D eigenvalue weighted by Crippen LogP contribution is -2.44. The number of hydrogen-bond donors (Lipinski definition) is 3. The molecule has 0 bridgehead atoms. The summed E-state index contributed by atoms with van der Waals surface area (Å²) in [6, 6.07) is 7.83. The van der Waals surface area contributed by atoms with Crippen molar-refractivity contribution in [3.63, 3.8) is 0 Å². The van der Waals surface area contributed by atoms with Gasteiger partial charge < -0.3 is 15.5 Å². The molecule has 1 aromatic carbocycles. The van der Waals surface area contributed by atoms with Crippen LogP contribution in [-0.2, 0) is 6.42 Å². The molecule has 0 unspecified atom stereocenters. The number of unbranched alkanes of at least 4 members (excludes halogenated alkanes) is 2. The number of aromatic nitrogens is 1. The van der Waals surface area contributed by atoms with Crippen LogP contribution in [0.5, 0.6) is 0 Å². The Bertz CT molecular complexity index is 889. The average Bonchev–Trinajstić information content (AvgIpc) is 2.88. The van der Waals surface area contributed by atoms with Gasteiger partial charge in [0.05, 0.1) is 16.9 Å². The molecule has 1 heterocycles. The molecular weight excluding hydrogens is 369 g/mol. The SMILES string of the molecule is OC(O)(CCCCCNc1c2c(nc3ccccc13)CC=CC=C2)C(F)(F)F. The van der Waals surface area contributed by atoms with Gasteiger partial charge in [0.15, 0.2) is 0 Å². The Labute approximate surface area is 161 Å². The van der Waals surface area contributed by atoms with Crippen LogP contribution in [0.2, 0.25) is 0 Å². The Hall–Kier alpha value is -2.38. The van der Waals surface area contributed by atoms with Crippen LogP contribution in [0.4, 0.5) is 18.9 Å². The predicted molar refractivity (Wildman–Crippen MR) is 104 cm³/mol. The van der Waals surface area contributed by atoms with Gasteiger partial charge in [0, 0.05) is 30.3 Å². The average molecular weight is 392 g/mol. The number of rotatable bonds is 7. The molecule has 0 fully saturated rings. The summed E-state index contributed by atoms with van der Waals surface area (Å²) < 4.78 is 37.3. The number of anilines is 1. The van der Waals surface area contributed by atoms with Gasteiger partial charge in [-0.15, -0.1) is 0 Å². The number of alkyl halides is 3. The fourth-order valence-electron chi connectivity index (χ4n) is 3.24. The van der Waals surface area contributed by atoms with E-state index >= 15 is 0 Å². The number of pyridine rings is 1. The summed E-state index contributed by atoms with van der Waals surface area (Å²) in [5, 5.41) is 22.5. The highest BCUT2D eigenvalue weighted by atomic mass is 19.4. The lowest BCUT2D eigenvalue weighted by Gasteiger charge is -2.24. The molecule has 28 heavy (non-hydrogen) atoms. The molecule has 2 aromatic rings. The smallest absolute Gasteiger partial charge is 0.384 e. The van der Waals surface area contributed by atoms with Crippen LogP contribution in [-0.4, -0.2) is 33.7 Å². The van der Waals surface area contributed by atoms with Crippen molar-refractivity contribution in [2.45, 2.75) is 44.1 Å². The van der Waals surface area contributed by atoms with Gasteiger partial charge in [0.1, 0.15) is 0 Å². The zero-order chi connectivity index (χ0) is 20.2. The van der Waals surface area contributed by atoms with Crippen LogP contribution >= 0.6 is 0 Å². The monoisotopic (exact) mass is 392 g/mol. The summed E-state index contributed by atoms with van der Waals surface area (Å²) in [6.07, 6.45) is 4.12. The van der Waals surface area contributed by atoms with Crippen LogP contribution < -0.4 is 5.32 Å². The molecule has 7 heteroatoms. The van der Waals surface area contributed by atoms with Gasteiger partial charge in [-0.3, -0.25) is 4.98 Å². The maximum absolute atomic E-state index is 12.4. The van der Waals surface area contributed by atoms with Crippen LogP contribution in [0, 0.1) is 0 Å². The molecule has 0 spiro atoms. The van der Waals surface area contributed by atoms with E-state index in [4.69, 9.17) is 15.2 Å². The molecule has 1 aliphatic carbocycles. The summed E-state index contributed by atoms with van der Waals surface area (Å²) >= 11 is 0. The number of fused-ring (bicyclic) bond motifs is 2. The topological polar surface area (TPSA) is 65.4 Å². The Balaban J connectivity index is 1.64. The van der Waals surface area contributed by atoms with E-state index in [2.05, 4.69) is 5.32 Å². The highest BCUT2D eigenvalue weighted by Gasteiger charge is 2.51. The second-order valence-corrected chi connectivity index (χ2v) is 6.91. The van der Waals surface area contributed by atoms with E-state index in [-0.39, 0.29) is 6.42 Å². The minimum absolute atomic E-state index is 0.0766. The maximum Gasteiger partial charge on any atom is 0.442 e. The number of allylic oxidation sites excluding steroid dienone is 3. The Morgan fingerprint density at radius 3 is 2.61 bits per heavy atom. The zero-order valence-electron chi connectivity index (χ0n) is 15.3. The molecule has 150 valence electrons. The Kier molecular flexibility index (Phi) is 6.05. The molecule has 0 atom stereocenters. The van der Waals surface area contributed by atoms with Crippen molar-refractivity contribution in [3.8, 4) is 0 Å². The third-order valence-electron chi connectivity index (χ3n) is 4.79. The van der Waals surface area contributed by atoms with Crippen molar-refractivity contribution < 1.29 is 23.4 Å². The Morgan fingerprint density at radius 2 is 1.82 bits per heavy atom. The molecule has 0 saturated carbocycles. The lowest BCUT2D eigenvalue weighted by atomic mass is 10.0. The molecule has 3 N–H and O–H groups in total. The fourth-order valence-corrected chi connectivity index (χ4v) is 3.24. The van der Waals surface area contributed by atoms with Gasteiger partial charge in [0.2, 0.25) is 0 Å². The summed E-state index contributed by atoms with van der Waals surface area (Å²) in [5.41, 5.74) is 3.85. The van der Waals surface area contributed by atoms with Crippen molar-refractivity contribution >= 4 is 22.7 Å². The minimum atomic E-state index is -5.03. The standard InChI is InChI=1S/C21H23F3N2O2/c22-21(23,24)20(27,28)13-7-2-8-14-25-19-15-9-3-1-4-11-17(15)26-18-12-6-5-10-16(18)19/h1,3-6,9-10,12,27-28H,2,7-8,11,13-14H2,(H,25,26). The first kappa shape index (κ1) is 20.4. The van der Waals surface area contributed by atoms with E-state index in [0.29, 0.717) is 19.4 Å². The third-order valence-corrected chi connectivity index (χ3v) is 4.79. The predicted octanol–water partition coefficient (Wildman–Crippen LogP) is 4.58. The quantitative estimate of drug-likeness (QED) is 0.477. The van der Waals surface area contributed by atoms with E-state index in [1.165, 1.54) is 0 Å².